The Kier molecular flexibility index (Phi) is 32.0. The number of aromatic hydroxyl groups is 3. The number of anilines is 5. The van der Waals surface area contributed by atoms with Gasteiger partial charge in [0.2, 0.25) is 29.6 Å². The predicted octanol–water partition coefficient (Wildman–Crippen LogP) is 19.8. The van der Waals surface area contributed by atoms with Gasteiger partial charge in [0.1, 0.15) is 92.5 Å². The normalized spacial score (nSPS) is 17.6. The number of phenolic OH excluding ortho intramolecular Hbond substituents is 3. The largest absolute Gasteiger partial charge is 0.508 e. The summed E-state index contributed by atoms with van der Waals surface area (Å²) >= 11 is 26.5. The number of aryl methyl sites for hydroxylation is 3. The van der Waals surface area contributed by atoms with Crippen molar-refractivity contribution in [1.29, 1.82) is 0 Å². The van der Waals surface area contributed by atoms with Crippen LogP contribution in [0.5, 0.6) is 23.3 Å². The first-order valence-corrected chi connectivity index (χ1v) is 50.1. The third kappa shape index (κ3) is 21.0. The summed E-state index contributed by atoms with van der Waals surface area (Å²) in [5, 5.41) is 42.6. The van der Waals surface area contributed by atoms with Gasteiger partial charge >= 0.3 is 6.01 Å². The number of phenols is 3. The first kappa shape index (κ1) is 107. The first-order valence-electron chi connectivity index (χ1n) is 48.5. The molecule has 0 unspecified atom stereocenters. The van der Waals surface area contributed by atoms with Crippen molar-refractivity contribution in [2.24, 2.45) is 0 Å². The zero-order valence-corrected chi connectivity index (χ0v) is 87.1. The molecule has 5 aromatic heterocycles. The number of halogens is 10. The van der Waals surface area contributed by atoms with Gasteiger partial charge in [-0.2, -0.15) is 20.1 Å². The van der Waals surface area contributed by atoms with E-state index in [0.717, 1.165) is 52.5 Å². The Morgan fingerprint density at radius 1 is 0.446 bits per heavy atom. The minimum absolute atomic E-state index is 0.0165. The average Bonchev–Trinajstić information content (AvgIpc) is 1.04. The molecule has 148 heavy (non-hydrogen) atoms. The van der Waals surface area contributed by atoms with Crippen molar-refractivity contribution >= 4 is 165 Å². The molecule has 9 aromatic carbocycles. The molecule has 14 aromatic rings. The fraction of sp³-hybridized carbons (Fsp3) is 0.330. The second kappa shape index (κ2) is 44.4. The van der Waals surface area contributed by atoms with Crippen LogP contribution in [0.1, 0.15) is 72.6 Å². The highest BCUT2D eigenvalue weighted by Crippen LogP contribution is 2.50. The van der Waals surface area contributed by atoms with E-state index < -0.39 is 46.4 Å². The summed E-state index contributed by atoms with van der Waals surface area (Å²) in [7, 11) is 3.99. The number of nitrogens with one attached hydrogen (secondary N) is 1. The number of rotatable bonds is 20. The number of ether oxygens (including phenoxy) is 1. The number of hydrogen-bond acceptors (Lipinski definition) is 24. The van der Waals surface area contributed by atoms with Crippen LogP contribution >= 0.6 is 46.4 Å². The number of hydrogen-bond donors (Lipinski definition) is 4. The van der Waals surface area contributed by atoms with Gasteiger partial charge in [-0.3, -0.25) is 24.3 Å². The molecule has 5 aliphatic rings. The maximum absolute atomic E-state index is 16.2. The lowest BCUT2D eigenvalue weighted by molar-refractivity contribution is -0.131. The molecule has 19 rings (SSSR count). The molecule has 0 saturated carbocycles. The van der Waals surface area contributed by atoms with Crippen LogP contribution in [0, 0.1) is 55.7 Å². The molecule has 5 aliphatic heterocycles. The minimum atomic E-state index is -0.900. The lowest BCUT2D eigenvalue weighted by Crippen LogP contribution is -2.58. The molecular weight excluding hydrogens is 1990 g/mol. The number of fused-ring (bicyclic) bond motifs is 6. The highest BCUT2D eigenvalue weighted by Gasteiger charge is 2.41. The maximum Gasteiger partial charge on any atom is 0.319 e. The fourth-order valence-corrected chi connectivity index (χ4v) is 21.6. The molecule has 0 aliphatic carbocycles. The second-order valence-corrected chi connectivity index (χ2v) is 39.4. The molecule has 4 amide bonds. The Bertz CT molecular complexity index is 7550. The van der Waals surface area contributed by atoms with Gasteiger partial charge in [0.15, 0.2) is 23.3 Å². The molecule has 29 nitrogen and oxygen atoms in total. The summed E-state index contributed by atoms with van der Waals surface area (Å²) in [4.78, 5) is 107. The number of aromatic amines is 1. The number of aromatic nitrogens is 10. The van der Waals surface area contributed by atoms with Crippen LogP contribution in [-0.2, 0) is 19.2 Å². The van der Waals surface area contributed by atoms with E-state index in [2.05, 4.69) is 91.0 Å². The summed E-state index contributed by atoms with van der Waals surface area (Å²) in [6, 6.07) is 28.0. The number of likely N-dealkylation sites (N-methyl/N-ethyl adjacent to an activating group) is 2. The predicted molar refractivity (Wildman–Crippen MR) is 573 cm³/mol. The van der Waals surface area contributed by atoms with E-state index in [1.165, 1.54) is 66.8 Å². The molecule has 10 heterocycles. The third-order valence-corrected chi connectivity index (χ3v) is 29.0. The smallest absolute Gasteiger partial charge is 0.319 e. The van der Waals surface area contributed by atoms with Crippen LogP contribution in [0.25, 0.3) is 110 Å². The number of carbonyl (C=O) groups is 4. The molecule has 5 saturated heterocycles. The average molecular weight is 2100 g/mol. The first-order chi connectivity index (χ1) is 70.7. The number of piperazine rings is 4. The standard InChI is InChI=1S/C28H32ClF2N5O3.C28H26ClFN4O2.C27H29ClF2N6O2.C26H26ClFN6O/c1-5-22(38)35-11-12-36(17(4)16-35)27-18-15-19(29)23(24-20(30)9-8-10-21(24)37)25(31)26(18)32-28(33-27)39-14-13-34(6-2)7-3;1-5-24(36)34-15(2)13-33(14-16(34)3)28-22-12-23(29)25(26(30)27(22)31-17(4)32-28)21-11-19(35)10-18-8-6-7-9-20(18)21;1-5-21(38)34-9-10-36(15(2)12-34)26-17-11-18(28)22(23-19(29)7-6-8-20(23)37)24(30)25(17)31-27(32-26)35-13-16(14-35)33(3)4;1-6-20(35)34-14(3)11-33(12-15(34)4)26-18-9-19(27)22(23(28)25(18)30-16(5)31-26)21-13(2)7-8-17-10-29-32-24(17)21/h5,8-10,15,17,37H,1,6-7,11-14,16H2,2-4H3;5-12,15-16,35H,1,13-14H2,2-4H3;5-8,11,15-16,37H,1,9-10,12-14H2,2-4H3;6-10,14-15H,1,11-12H2,2-5H3,(H,29,32)/t17-;15-,16+;15-;14-,15+/m0.0./s1. The molecule has 0 spiro atoms. The van der Waals surface area contributed by atoms with E-state index in [9.17, 15) is 43.3 Å². The van der Waals surface area contributed by atoms with Crippen LogP contribution in [0.3, 0.4) is 0 Å². The summed E-state index contributed by atoms with van der Waals surface area (Å²) in [6.07, 6.45) is 6.94. The van der Waals surface area contributed by atoms with Gasteiger partial charge in [0, 0.05) is 182 Å². The lowest BCUT2D eigenvalue weighted by Gasteiger charge is -2.44. The summed E-state index contributed by atoms with van der Waals surface area (Å²) in [5.41, 5.74) is 2.25. The van der Waals surface area contributed by atoms with Gasteiger partial charge in [-0.25, -0.2) is 51.3 Å². The zero-order valence-electron chi connectivity index (χ0n) is 84.1. The van der Waals surface area contributed by atoms with E-state index in [0.29, 0.717) is 170 Å². The highest BCUT2D eigenvalue weighted by molar-refractivity contribution is 6.37. The van der Waals surface area contributed by atoms with Crippen LogP contribution < -0.4 is 29.2 Å². The van der Waals surface area contributed by atoms with E-state index in [4.69, 9.17) is 56.1 Å². The van der Waals surface area contributed by atoms with Crippen LogP contribution in [-0.4, -0.2) is 280 Å². The summed E-state index contributed by atoms with van der Waals surface area (Å²) < 4.78 is 100. The molecule has 0 bridgehead atoms. The number of carbonyl (C=O) groups excluding carboxylic acids is 4. The van der Waals surface area contributed by atoms with Crippen molar-refractivity contribution < 1.29 is 65.6 Å². The van der Waals surface area contributed by atoms with Crippen molar-refractivity contribution in [3.05, 3.63) is 238 Å². The van der Waals surface area contributed by atoms with Crippen LogP contribution in [0.2, 0.25) is 20.1 Å². The Balaban J connectivity index is 0.000000141. The lowest BCUT2D eigenvalue weighted by atomic mass is 9.96. The Hall–Kier alpha value is -14.2. The van der Waals surface area contributed by atoms with Gasteiger partial charge in [-0.15, -0.1) is 0 Å². The van der Waals surface area contributed by atoms with E-state index in [-0.39, 0.29) is 148 Å². The summed E-state index contributed by atoms with van der Waals surface area (Å²) in [6.45, 7) is 44.3. The van der Waals surface area contributed by atoms with Crippen molar-refractivity contribution in [2.75, 3.05) is 143 Å². The number of amides is 4. The molecule has 39 heteroatoms. The molecule has 772 valence electrons. The molecule has 0 radical (unpaired) electrons. The van der Waals surface area contributed by atoms with E-state index in [1.807, 2.05) is 132 Å². The molecule has 5 fully saturated rings. The van der Waals surface area contributed by atoms with Crippen molar-refractivity contribution in [3.8, 4) is 67.8 Å². The fourth-order valence-electron chi connectivity index (χ4n) is 20.5. The second-order valence-electron chi connectivity index (χ2n) is 37.8. The van der Waals surface area contributed by atoms with Gasteiger partial charge < -0.3 is 74.0 Å². The minimum Gasteiger partial charge on any atom is -0.508 e. The van der Waals surface area contributed by atoms with Crippen molar-refractivity contribution in [3.63, 3.8) is 0 Å². The topological polar surface area (TPSA) is 306 Å². The van der Waals surface area contributed by atoms with Gasteiger partial charge in [-0.1, -0.05) is 135 Å². The number of nitrogens with zero attached hydrogens (tertiary/aromatic N) is 20. The van der Waals surface area contributed by atoms with Gasteiger partial charge in [0.05, 0.1) is 42.9 Å². The molecule has 6 atom stereocenters. The highest BCUT2D eigenvalue weighted by atomic mass is 35.5. The quantitative estimate of drug-likeness (QED) is 0.0407. The molecule has 4 N–H and O–H groups in total. The van der Waals surface area contributed by atoms with E-state index in [1.54, 1.807) is 52.9 Å². The third-order valence-electron chi connectivity index (χ3n) is 27.8. The van der Waals surface area contributed by atoms with Gasteiger partial charge in [0.25, 0.3) is 0 Å². The van der Waals surface area contributed by atoms with Crippen molar-refractivity contribution in [1.82, 2.24) is 79.5 Å². The molecular formula is C109H113Cl4F6N21O8. The summed E-state index contributed by atoms with van der Waals surface area (Å²) in [5.74, 6) is -2.50. The van der Waals surface area contributed by atoms with Crippen LogP contribution in [0.15, 0.2) is 166 Å². The Morgan fingerprint density at radius 3 is 1.33 bits per heavy atom. The SMILES string of the molecule is C=CC(=O)N1CCN(c2nc(N3CC(N(C)C)C3)nc3c(F)c(-c4c(O)cccc4F)c(Cl)cc23)[C@@H](C)C1.C=CC(=O)N1CCN(c2nc(OCCN(CC)CC)nc3c(F)c(-c4c(O)cccc4F)c(Cl)cc23)[C@@H](C)C1.C=CC(=O)N1[C@H](C)CN(c2nc(C)nc3c(F)c(-c4c(C)ccc5cn[nH]c45)c(Cl)cc23)C[C@@H]1C.C=CC(=O)N1[C@H](C)CN(c2nc(C)nc3c(F)c(-c4cc(O)cc5ccccc45)c(Cl)cc23)C[C@@H]1C. The monoisotopic (exact) mass is 2100 g/mol. The van der Waals surface area contributed by atoms with Crippen molar-refractivity contribution in [2.45, 2.75) is 118 Å². The Morgan fingerprint density at radius 2 is 0.878 bits per heavy atom. The Labute approximate surface area is 872 Å². The van der Waals surface area contributed by atoms with Gasteiger partial charge in [-0.05, 0) is 196 Å². The number of H-pyrrole nitrogens is 1. The van der Waals surface area contributed by atoms with Crippen LogP contribution in [0.4, 0.5) is 55.6 Å². The maximum atomic E-state index is 16.2. The number of benzene rings is 9. The van der Waals surface area contributed by atoms with E-state index >= 15 is 17.6 Å². The zero-order chi connectivity index (χ0) is 106.